The van der Waals surface area contributed by atoms with Gasteiger partial charge in [0.05, 0.1) is 11.9 Å². The second-order valence-electron chi connectivity index (χ2n) is 7.68. The summed E-state index contributed by atoms with van der Waals surface area (Å²) in [6.07, 6.45) is 1.79. The lowest BCUT2D eigenvalue weighted by Crippen LogP contribution is -2.10. The summed E-state index contributed by atoms with van der Waals surface area (Å²) in [5.41, 5.74) is 7.67. The molecule has 0 aliphatic carbocycles. The number of hydrogen-bond donors (Lipinski definition) is 1. The number of nitrogens with one attached hydrogen (secondary N) is 1. The van der Waals surface area contributed by atoms with E-state index < -0.39 is 0 Å². The van der Waals surface area contributed by atoms with Crippen molar-refractivity contribution < 1.29 is 4.74 Å². The van der Waals surface area contributed by atoms with Gasteiger partial charge in [-0.25, -0.2) is 0 Å². The van der Waals surface area contributed by atoms with Crippen LogP contribution in [0.1, 0.15) is 37.5 Å². The summed E-state index contributed by atoms with van der Waals surface area (Å²) < 4.78 is 5.93. The third kappa shape index (κ3) is 5.45. The van der Waals surface area contributed by atoms with Crippen LogP contribution in [0.3, 0.4) is 0 Å². The van der Waals surface area contributed by atoms with Gasteiger partial charge in [-0.1, -0.05) is 50.6 Å². The monoisotopic (exact) mass is 358 g/mol. The van der Waals surface area contributed by atoms with Crippen LogP contribution in [0.2, 0.25) is 0 Å². The van der Waals surface area contributed by atoms with Gasteiger partial charge in [0.1, 0.15) is 11.5 Å². The molecule has 0 saturated heterocycles. The van der Waals surface area contributed by atoms with E-state index in [9.17, 15) is 0 Å². The van der Waals surface area contributed by atoms with Crippen LogP contribution in [0.25, 0.3) is 0 Å². The molecule has 3 aromatic carbocycles. The van der Waals surface area contributed by atoms with E-state index in [1.807, 2.05) is 48.5 Å². The lowest BCUT2D eigenvalue weighted by Gasteiger charge is -2.19. The number of ether oxygens (including phenoxy) is 1. The summed E-state index contributed by atoms with van der Waals surface area (Å²) in [5, 5.41) is 4.27. The summed E-state index contributed by atoms with van der Waals surface area (Å²) in [7, 11) is 0. The van der Waals surface area contributed by atoms with Crippen molar-refractivity contribution in [3.05, 3.63) is 89.5 Å². The number of nitrogens with zero attached hydrogens (tertiary/aromatic N) is 1. The molecule has 3 rings (SSSR count). The highest BCUT2D eigenvalue weighted by Gasteiger charge is 2.13. The normalized spacial score (nSPS) is 11.6. The second-order valence-corrected chi connectivity index (χ2v) is 7.68. The zero-order valence-corrected chi connectivity index (χ0v) is 16.4. The standard InChI is InChI=1S/C24H26N2O/c1-18-5-11-21(12-6-18)26-25-17-19-7-13-22(14-8-19)27-23-15-9-20(10-16-23)24(2,3)4/h5-17,26H,1-4H3. The Kier molecular flexibility index (Phi) is 5.60. The summed E-state index contributed by atoms with van der Waals surface area (Å²) in [4.78, 5) is 0. The lowest BCUT2D eigenvalue weighted by atomic mass is 9.87. The van der Waals surface area contributed by atoms with Gasteiger partial charge in [-0.2, -0.15) is 5.10 Å². The first-order valence-electron chi connectivity index (χ1n) is 9.14. The van der Waals surface area contributed by atoms with Crippen LogP contribution < -0.4 is 10.2 Å². The maximum atomic E-state index is 5.93. The Balaban J connectivity index is 1.58. The Labute approximate surface area is 161 Å². The molecule has 0 saturated carbocycles. The van der Waals surface area contributed by atoms with E-state index in [0.717, 1.165) is 22.7 Å². The molecule has 0 spiro atoms. The second kappa shape index (κ2) is 8.09. The Bertz CT molecular complexity index is 887. The van der Waals surface area contributed by atoms with Crippen molar-refractivity contribution in [2.24, 2.45) is 5.10 Å². The van der Waals surface area contributed by atoms with Crippen molar-refractivity contribution in [3.8, 4) is 11.5 Å². The number of hydrogen-bond acceptors (Lipinski definition) is 3. The van der Waals surface area contributed by atoms with E-state index in [1.165, 1.54) is 11.1 Å². The minimum atomic E-state index is 0.145. The van der Waals surface area contributed by atoms with E-state index in [1.54, 1.807) is 6.21 Å². The molecule has 3 heteroatoms. The van der Waals surface area contributed by atoms with Gasteiger partial charge in [0.25, 0.3) is 0 Å². The quantitative estimate of drug-likeness (QED) is 0.415. The molecular formula is C24H26N2O. The van der Waals surface area contributed by atoms with Gasteiger partial charge in [0, 0.05) is 0 Å². The third-order valence-corrected chi connectivity index (χ3v) is 4.29. The predicted octanol–water partition coefficient (Wildman–Crippen LogP) is 6.53. The molecule has 3 nitrogen and oxygen atoms in total. The molecule has 0 heterocycles. The smallest absolute Gasteiger partial charge is 0.127 e. The van der Waals surface area contributed by atoms with E-state index in [2.05, 4.69) is 62.5 Å². The Morgan fingerprint density at radius 3 is 1.89 bits per heavy atom. The Morgan fingerprint density at radius 2 is 1.33 bits per heavy atom. The summed E-state index contributed by atoms with van der Waals surface area (Å²) >= 11 is 0. The highest BCUT2D eigenvalue weighted by molar-refractivity contribution is 5.80. The average molecular weight is 358 g/mol. The van der Waals surface area contributed by atoms with E-state index in [-0.39, 0.29) is 5.41 Å². The van der Waals surface area contributed by atoms with Crippen molar-refractivity contribution in [1.29, 1.82) is 0 Å². The summed E-state index contributed by atoms with van der Waals surface area (Å²) in [6, 6.07) is 24.3. The van der Waals surface area contributed by atoms with Crippen LogP contribution in [-0.4, -0.2) is 6.21 Å². The predicted molar refractivity (Wildman–Crippen MR) is 114 cm³/mol. The molecule has 0 radical (unpaired) electrons. The summed E-state index contributed by atoms with van der Waals surface area (Å²) in [5.74, 6) is 1.65. The van der Waals surface area contributed by atoms with Crippen LogP contribution in [0.5, 0.6) is 11.5 Å². The van der Waals surface area contributed by atoms with Crippen LogP contribution in [0.15, 0.2) is 77.9 Å². The van der Waals surface area contributed by atoms with Crippen molar-refractivity contribution in [2.75, 3.05) is 5.43 Å². The fourth-order valence-corrected chi connectivity index (χ4v) is 2.59. The fraction of sp³-hybridized carbons (Fsp3) is 0.208. The SMILES string of the molecule is Cc1ccc(NN=Cc2ccc(Oc3ccc(C(C)(C)C)cc3)cc2)cc1. The third-order valence-electron chi connectivity index (χ3n) is 4.29. The number of rotatable bonds is 5. The average Bonchev–Trinajstić information content (AvgIpc) is 2.64. The lowest BCUT2D eigenvalue weighted by molar-refractivity contribution is 0.481. The molecule has 0 atom stereocenters. The largest absolute Gasteiger partial charge is 0.457 e. The van der Waals surface area contributed by atoms with Crippen LogP contribution in [0.4, 0.5) is 5.69 Å². The van der Waals surface area contributed by atoms with Gasteiger partial charge in [0.15, 0.2) is 0 Å². The van der Waals surface area contributed by atoms with Crippen LogP contribution >= 0.6 is 0 Å². The number of hydrazone groups is 1. The molecule has 0 fully saturated rings. The van der Waals surface area contributed by atoms with Gasteiger partial charge in [-0.15, -0.1) is 0 Å². The van der Waals surface area contributed by atoms with Crippen molar-refractivity contribution in [1.82, 2.24) is 0 Å². The molecule has 0 bridgehead atoms. The molecule has 0 aliphatic heterocycles. The maximum absolute atomic E-state index is 5.93. The number of benzene rings is 3. The maximum Gasteiger partial charge on any atom is 0.127 e. The Hall–Kier alpha value is -3.07. The van der Waals surface area contributed by atoms with Gasteiger partial charge in [-0.05, 0) is 72.0 Å². The van der Waals surface area contributed by atoms with Crippen molar-refractivity contribution >= 4 is 11.9 Å². The van der Waals surface area contributed by atoms with Crippen molar-refractivity contribution in [2.45, 2.75) is 33.1 Å². The summed E-state index contributed by atoms with van der Waals surface area (Å²) in [6.45, 7) is 8.68. The van der Waals surface area contributed by atoms with Crippen LogP contribution in [-0.2, 0) is 5.41 Å². The van der Waals surface area contributed by atoms with Gasteiger partial charge in [0.2, 0.25) is 0 Å². The molecule has 138 valence electrons. The van der Waals surface area contributed by atoms with Gasteiger partial charge in [-0.3, -0.25) is 5.43 Å². The first kappa shape index (κ1) is 18.7. The van der Waals surface area contributed by atoms with E-state index in [4.69, 9.17) is 4.74 Å². The molecule has 3 aromatic rings. The van der Waals surface area contributed by atoms with Gasteiger partial charge >= 0.3 is 0 Å². The van der Waals surface area contributed by atoms with Crippen molar-refractivity contribution in [3.63, 3.8) is 0 Å². The number of aryl methyl sites for hydroxylation is 1. The highest BCUT2D eigenvalue weighted by atomic mass is 16.5. The molecule has 0 unspecified atom stereocenters. The highest BCUT2D eigenvalue weighted by Crippen LogP contribution is 2.27. The fourth-order valence-electron chi connectivity index (χ4n) is 2.59. The molecule has 1 N–H and O–H groups in total. The van der Waals surface area contributed by atoms with Crippen LogP contribution in [0, 0.1) is 6.92 Å². The topological polar surface area (TPSA) is 33.6 Å². The van der Waals surface area contributed by atoms with E-state index >= 15 is 0 Å². The zero-order valence-electron chi connectivity index (χ0n) is 16.4. The minimum Gasteiger partial charge on any atom is -0.457 e. The van der Waals surface area contributed by atoms with Gasteiger partial charge < -0.3 is 4.74 Å². The molecule has 0 amide bonds. The first-order valence-corrected chi connectivity index (χ1v) is 9.14. The molecular weight excluding hydrogens is 332 g/mol. The molecule has 27 heavy (non-hydrogen) atoms. The zero-order chi connectivity index (χ0) is 19.3. The molecule has 0 aromatic heterocycles. The minimum absolute atomic E-state index is 0.145. The molecule has 0 aliphatic rings. The van der Waals surface area contributed by atoms with E-state index in [0.29, 0.717) is 0 Å². The number of anilines is 1. The Morgan fingerprint density at radius 1 is 0.778 bits per heavy atom. The first-order chi connectivity index (χ1) is 12.9.